The SMILES string of the molecule is CC(C)N(Cl)ON(Cl)C(C)C. The number of hydroxylamine groups is 2. The molecule has 0 aromatic heterocycles. The van der Waals surface area contributed by atoms with Crippen LogP contribution in [0.25, 0.3) is 0 Å². The molecule has 0 rings (SSSR count). The Hall–Kier alpha value is 0.460. The van der Waals surface area contributed by atoms with E-state index in [0.29, 0.717) is 0 Å². The third-order valence-electron chi connectivity index (χ3n) is 0.968. The fourth-order valence-corrected chi connectivity index (χ4v) is 0.428. The summed E-state index contributed by atoms with van der Waals surface area (Å²) < 4.78 is 2.35. The van der Waals surface area contributed by atoms with E-state index in [9.17, 15) is 0 Å². The van der Waals surface area contributed by atoms with E-state index in [-0.39, 0.29) is 12.1 Å². The molecule has 0 N–H and O–H groups in total. The minimum atomic E-state index is 0.0941. The summed E-state index contributed by atoms with van der Waals surface area (Å²) in [5.74, 6) is 0. The van der Waals surface area contributed by atoms with Gasteiger partial charge in [-0.1, -0.05) is 9.16 Å². The molecule has 0 heterocycles. The van der Waals surface area contributed by atoms with E-state index in [1.165, 1.54) is 9.16 Å². The minimum absolute atomic E-state index is 0.0941. The Bertz CT molecular complexity index is 98.8. The van der Waals surface area contributed by atoms with Crippen LogP contribution in [0.4, 0.5) is 0 Å². The van der Waals surface area contributed by atoms with Crippen LogP contribution in [0.15, 0.2) is 0 Å². The molecule has 0 aliphatic carbocycles. The summed E-state index contributed by atoms with van der Waals surface area (Å²) in [7, 11) is 0. The van der Waals surface area contributed by atoms with Crippen molar-refractivity contribution in [3.63, 3.8) is 0 Å². The second kappa shape index (κ2) is 5.17. The molecule has 0 saturated heterocycles. The van der Waals surface area contributed by atoms with Crippen molar-refractivity contribution in [1.29, 1.82) is 0 Å². The van der Waals surface area contributed by atoms with Gasteiger partial charge in [0.1, 0.15) is 0 Å². The molecule has 3 nitrogen and oxygen atoms in total. The van der Waals surface area contributed by atoms with Gasteiger partial charge in [-0.05, 0) is 27.7 Å². The van der Waals surface area contributed by atoms with E-state index < -0.39 is 0 Å². The second-order valence-corrected chi connectivity index (χ2v) is 3.48. The highest BCUT2D eigenvalue weighted by Gasteiger charge is 2.13. The lowest BCUT2D eigenvalue weighted by Gasteiger charge is -2.23. The Morgan fingerprint density at radius 1 is 0.909 bits per heavy atom. The summed E-state index contributed by atoms with van der Waals surface area (Å²) in [5.41, 5.74) is 0. The molecule has 0 bridgehead atoms. The normalized spacial score (nSPS) is 12.5. The van der Waals surface area contributed by atoms with Crippen LogP contribution in [0.2, 0.25) is 0 Å². The van der Waals surface area contributed by atoms with Crippen molar-refractivity contribution in [2.45, 2.75) is 39.8 Å². The Morgan fingerprint density at radius 3 is 1.36 bits per heavy atom. The standard InChI is InChI=1S/C6H14Cl2N2O/c1-5(2)9(7)11-10(8)6(3)4/h5-6H,1-4H3. The first-order valence-corrected chi connectivity index (χ1v) is 4.21. The van der Waals surface area contributed by atoms with Gasteiger partial charge in [-0.3, -0.25) is 0 Å². The predicted molar refractivity (Wildman–Crippen MR) is 46.7 cm³/mol. The van der Waals surface area contributed by atoms with Crippen LogP contribution in [0.5, 0.6) is 0 Å². The van der Waals surface area contributed by atoms with E-state index in [2.05, 4.69) is 0 Å². The maximum Gasteiger partial charge on any atom is 0.0484 e. The first-order chi connectivity index (χ1) is 4.95. The first-order valence-electron chi connectivity index (χ1n) is 3.53. The lowest BCUT2D eigenvalue weighted by Crippen LogP contribution is -2.31. The van der Waals surface area contributed by atoms with Gasteiger partial charge < -0.3 is 0 Å². The van der Waals surface area contributed by atoms with Gasteiger partial charge in [-0.15, -0.1) is 0 Å². The molecule has 0 aromatic carbocycles. The molecule has 0 aliphatic rings. The summed E-state index contributed by atoms with van der Waals surface area (Å²) in [6.07, 6.45) is 0. The molecular formula is C6H14Cl2N2O. The maximum atomic E-state index is 5.64. The van der Waals surface area contributed by atoms with Crippen LogP contribution in [-0.2, 0) is 4.94 Å². The average molecular weight is 201 g/mol. The highest BCUT2D eigenvalue weighted by atomic mass is 35.5. The highest BCUT2D eigenvalue weighted by Crippen LogP contribution is 2.10. The maximum absolute atomic E-state index is 5.64. The zero-order valence-corrected chi connectivity index (χ0v) is 8.73. The fourth-order valence-electron chi connectivity index (χ4n) is 0.263. The number of halogens is 2. The lowest BCUT2D eigenvalue weighted by atomic mass is 10.4. The monoisotopic (exact) mass is 200 g/mol. The zero-order valence-electron chi connectivity index (χ0n) is 7.21. The van der Waals surface area contributed by atoms with Gasteiger partial charge in [-0.2, -0.15) is 4.94 Å². The summed E-state index contributed by atoms with van der Waals surface area (Å²) >= 11 is 11.3. The van der Waals surface area contributed by atoms with E-state index >= 15 is 0 Å². The Balaban J connectivity index is 3.66. The van der Waals surface area contributed by atoms with Crippen molar-refractivity contribution in [3.05, 3.63) is 0 Å². The summed E-state index contributed by atoms with van der Waals surface area (Å²) in [5, 5.41) is 0. The number of hydrogen-bond donors (Lipinski definition) is 0. The van der Waals surface area contributed by atoms with Crippen molar-refractivity contribution in [1.82, 2.24) is 9.16 Å². The first kappa shape index (κ1) is 11.5. The third-order valence-corrected chi connectivity index (χ3v) is 1.87. The van der Waals surface area contributed by atoms with Crippen molar-refractivity contribution in [3.8, 4) is 0 Å². The smallest absolute Gasteiger partial charge is 0.0484 e. The number of hydrogen-bond acceptors (Lipinski definition) is 3. The van der Waals surface area contributed by atoms with E-state index in [1.807, 2.05) is 27.7 Å². The quantitative estimate of drug-likeness (QED) is 0.513. The van der Waals surface area contributed by atoms with Gasteiger partial charge in [0.05, 0.1) is 0 Å². The molecule has 0 aromatic rings. The number of rotatable bonds is 4. The molecular weight excluding hydrogens is 187 g/mol. The van der Waals surface area contributed by atoms with Crippen LogP contribution >= 0.6 is 23.6 Å². The summed E-state index contributed by atoms with van der Waals surface area (Å²) in [6, 6.07) is 0.188. The second-order valence-electron chi connectivity index (χ2n) is 2.81. The molecule has 0 fully saturated rings. The molecule has 0 spiro atoms. The van der Waals surface area contributed by atoms with Crippen LogP contribution in [-0.4, -0.2) is 21.2 Å². The van der Waals surface area contributed by atoms with Crippen LogP contribution in [0.1, 0.15) is 27.7 Å². The minimum Gasteiger partial charge on any atom is -0.177 e. The Morgan fingerprint density at radius 2 is 1.18 bits per heavy atom. The van der Waals surface area contributed by atoms with Crippen molar-refractivity contribution >= 4 is 23.6 Å². The molecule has 0 amide bonds. The molecule has 11 heavy (non-hydrogen) atoms. The molecule has 5 heteroatoms. The van der Waals surface area contributed by atoms with Gasteiger partial charge in [0.15, 0.2) is 0 Å². The molecule has 0 radical (unpaired) electrons. The Labute approximate surface area is 77.9 Å². The van der Waals surface area contributed by atoms with Gasteiger partial charge in [0.2, 0.25) is 0 Å². The molecule has 68 valence electrons. The van der Waals surface area contributed by atoms with Gasteiger partial charge in [-0.25, -0.2) is 0 Å². The highest BCUT2D eigenvalue weighted by molar-refractivity contribution is 6.14. The van der Waals surface area contributed by atoms with Crippen LogP contribution < -0.4 is 0 Å². The topological polar surface area (TPSA) is 15.7 Å². The predicted octanol–water partition coefficient (Wildman–Crippen LogP) is 2.56. The molecule has 0 aliphatic heterocycles. The van der Waals surface area contributed by atoms with E-state index in [4.69, 9.17) is 28.5 Å². The number of nitrogens with zero attached hydrogens (tertiary/aromatic N) is 2. The zero-order chi connectivity index (χ0) is 9.02. The summed E-state index contributed by atoms with van der Waals surface area (Å²) in [4.78, 5) is 4.97. The average Bonchev–Trinajstić information content (AvgIpc) is 1.87. The van der Waals surface area contributed by atoms with Crippen LogP contribution in [0, 0.1) is 0 Å². The molecule has 0 unspecified atom stereocenters. The molecule has 0 saturated carbocycles. The third kappa shape index (κ3) is 4.82. The van der Waals surface area contributed by atoms with Gasteiger partial charge in [0.25, 0.3) is 0 Å². The van der Waals surface area contributed by atoms with Crippen molar-refractivity contribution in [2.24, 2.45) is 0 Å². The largest absolute Gasteiger partial charge is 0.177 e. The van der Waals surface area contributed by atoms with E-state index in [0.717, 1.165) is 0 Å². The summed E-state index contributed by atoms with van der Waals surface area (Å²) in [6.45, 7) is 7.60. The van der Waals surface area contributed by atoms with Gasteiger partial charge in [0, 0.05) is 35.6 Å². The Kier molecular flexibility index (Phi) is 5.38. The van der Waals surface area contributed by atoms with Gasteiger partial charge >= 0.3 is 0 Å². The van der Waals surface area contributed by atoms with Crippen LogP contribution in [0.3, 0.4) is 0 Å². The van der Waals surface area contributed by atoms with Crippen molar-refractivity contribution < 1.29 is 4.94 Å². The molecule has 0 atom stereocenters. The van der Waals surface area contributed by atoms with Crippen molar-refractivity contribution in [2.75, 3.05) is 0 Å². The fraction of sp³-hybridized carbons (Fsp3) is 1.00. The lowest BCUT2D eigenvalue weighted by molar-refractivity contribution is -0.256. The van der Waals surface area contributed by atoms with E-state index in [1.54, 1.807) is 0 Å².